The van der Waals surface area contributed by atoms with E-state index in [1.54, 1.807) is 0 Å². The van der Waals surface area contributed by atoms with E-state index < -0.39 is 12.0 Å². The fourth-order valence-electron chi connectivity index (χ4n) is 2.13. The highest BCUT2D eigenvalue weighted by molar-refractivity contribution is 9.10. The molecule has 0 aliphatic carbocycles. The lowest BCUT2D eigenvalue weighted by Gasteiger charge is -2.33. The van der Waals surface area contributed by atoms with Crippen molar-refractivity contribution < 1.29 is 14.7 Å². The van der Waals surface area contributed by atoms with Gasteiger partial charge in [0.25, 0.3) is 0 Å². The number of benzene rings is 1. The van der Waals surface area contributed by atoms with Gasteiger partial charge in [-0.25, -0.2) is 4.79 Å². The van der Waals surface area contributed by atoms with Crippen LogP contribution in [0.15, 0.2) is 28.7 Å². The standard InChI is InChI=1S/C13H15BrN2O3/c14-10-4-2-1-3-9(10)7-12(17)16-6-5-15-8-11(16)13(18)19/h1-4,11,15H,5-8H2,(H,18,19). The van der Waals surface area contributed by atoms with Crippen LogP contribution in [0.1, 0.15) is 5.56 Å². The van der Waals surface area contributed by atoms with Crippen LogP contribution >= 0.6 is 15.9 Å². The fraction of sp³-hybridized carbons (Fsp3) is 0.385. The number of aliphatic carboxylic acids is 1. The van der Waals surface area contributed by atoms with Gasteiger partial charge in [-0.1, -0.05) is 34.1 Å². The molecule has 0 aromatic heterocycles. The number of nitrogens with zero attached hydrogens (tertiary/aromatic N) is 1. The lowest BCUT2D eigenvalue weighted by atomic mass is 10.1. The molecule has 5 nitrogen and oxygen atoms in total. The number of hydrogen-bond acceptors (Lipinski definition) is 3. The Bertz CT molecular complexity index is 493. The van der Waals surface area contributed by atoms with Gasteiger partial charge in [-0.15, -0.1) is 0 Å². The first-order chi connectivity index (χ1) is 9.09. The lowest BCUT2D eigenvalue weighted by Crippen LogP contribution is -2.57. The van der Waals surface area contributed by atoms with Gasteiger partial charge < -0.3 is 15.3 Å². The van der Waals surface area contributed by atoms with Gasteiger partial charge in [-0.2, -0.15) is 0 Å². The zero-order valence-corrected chi connectivity index (χ0v) is 11.9. The third kappa shape index (κ3) is 3.33. The molecule has 1 amide bonds. The minimum absolute atomic E-state index is 0.152. The third-order valence-electron chi connectivity index (χ3n) is 3.15. The minimum atomic E-state index is -0.965. The third-order valence-corrected chi connectivity index (χ3v) is 3.92. The zero-order valence-electron chi connectivity index (χ0n) is 10.3. The van der Waals surface area contributed by atoms with E-state index in [1.807, 2.05) is 24.3 Å². The second-order valence-electron chi connectivity index (χ2n) is 4.41. The van der Waals surface area contributed by atoms with Gasteiger partial charge in [0.15, 0.2) is 0 Å². The summed E-state index contributed by atoms with van der Waals surface area (Å²) in [6.07, 6.45) is 0.213. The van der Waals surface area contributed by atoms with Crippen LogP contribution in [-0.2, 0) is 16.0 Å². The van der Waals surface area contributed by atoms with E-state index in [2.05, 4.69) is 21.2 Å². The first kappa shape index (κ1) is 14.0. The van der Waals surface area contributed by atoms with Gasteiger partial charge in [-0.3, -0.25) is 4.79 Å². The van der Waals surface area contributed by atoms with Gasteiger partial charge >= 0.3 is 5.97 Å². The van der Waals surface area contributed by atoms with E-state index >= 15 is 0 Å². The molecular formula is C13H15BrN2O3. The maximum absolute atomic E-state index is 12.2. The van der Waals surface area contributed by atoms with Gasteiger partial charge in [-0.05, 0) is 11.6 Å². The number of carbonyl (C=O) groups is 2. The molecule has 2 rings (SSSR count). The smallest absolute Gasteiger partial charge is 0.327 e. The van der Waals surface area contributed by atoms with Crippen molar-refractivity contribution in [3.8, 4) is 0 Å². The molecule has 1 aliphatic rings. The van der Waals surface area contributed by atoms with Crippen LogP contribution in [0.4, 0.5) is 0 Å². The number of amides is 1. The molecule has 0 saturated carbocycles. The van der Waals surface area contributed by atoms with E-state index in [0.717, 1.165) is 10.0 Å². The molecule has 1 saturated heterocycles. The molecule has 0 radical (unpaired) electrons. The van der Waals surface area contributed by atoms with Gasteiger partial charge in [0.2, 0.25) is 5.91 Å². The van der Waals surface area contributed by atoms with Gasteiger partial charge in [0, 0.05) is 24.1 Å². The number of nitrogens with one attached hydrogen (secondary N) is 1. The second kappa shape index (κ2) is 6.16. The van der Waals surface area contributed by atoms with Gasteiger partial charge in [0.1, 0.15) is 6.04 Å². The first-order valence-corrected chi connectivity index (χ1v) is 6.85. The Balaban J connectivity index is 2.10. The quantitative estimate of drug-likeness (QED) is 0.865. The summed E-state index contributed by atoms with van der Waals surface area (Å²) in [4.78, 5) is 24.8. The highest BCUT2D eigenvalue weighted by atomic mass is 79.9. The number of hydrogen-bond donors (Lipinski definition) is 2. The second-order valence-corrected chi connectivity index (χ2v) is 5.27. The fourth-order valence-corrected chi connectivity index (χ4v) is 2.55. The summed E-state index contributed by atoms with van der Waals surface area (Å²) < 4.78 is 0.866. The Morgan fingerprint density at radius 3 is 2.84 bits per heavy atom. The van der Waals surface area contributed by atoms with Crippen LogP contribution in [0.5, 0.6) is 0 Å². The van der Waals surface area contributed by atoms with Crippen LogP contribution in [-0.4, -0.2) is 47.6 Å². The molecular weight excluding hydrogens is 312 g/mol. The minimum Gasteiger partial charge on any atom is -0.480 e. The number of halogens is 1. The number of carboxylic acids is 1. The highest BCUT2D eigenvalue weighted by Gasteiger charge is 2.31. The van der Waals surface area contributed by atoms with Crippen molar-refractivity contribution in [2.75, 3.05) is 19.6 Å². The Labute approximate surface area is 119 Å². The first-order valence-electron chi connectivity index (χ1n) is 6.06. The summed E-state index contributed by atoms with van der Waals surface area (Å²) in [5.41, 5.74) is 0.871. The molecule has 1 atom stereocenters. The van der Waals surface area contributed by atoms with Crippen LogP contribution in [0.25, 0.3) is 0 Å². The molecule has 2 N–H and O–H groups in total. The number of carbonyl (C=O) groups excluding carboxylic acids is 1. The van der Waals surface area contributed by atoms with E-state index in [4.69, 9.17) is 5.11 Å². The summed E-state index contributed by atoms with van der Waals surface area (Å²) >= 11 is 3.39. The average molecular weight is 327 g/mol. The van der Waals surface area contributed by atoms with E-state index in [9.17, 15) is 9.59 Å². The van der Waals surface area contributed by atoms with E-state index in [0.29, 0.717) is 19.6 Å². The van der Waals surface area contributed by atoms with Crippen molar-refractivity contribution in [1.82, 2.24) is 10.2 Å². The van der Waals surface area contributed by atoms with Crippen molar-refractivity contribution in [1.29, 1.82) is 0 Å². The number of rotatable bonds is 3. The summed E-state index contributed by atoms with van der Waals surface area (Å²) in [7, 11) is 0. The van der Waals surface area contributed by atoms with Crippen molar-refractivity contribution in [2.45, 2.75) is 12.5 Å². The molecule has 1 aliphatic heterocycles. The number of carboxylic acid groups (broad SMARTS) is 1. The predicted octanol–water partition coefficient (Wildman–Crippen LogP) is 0.877. The van der Waals surface area contributed by atoms with Crippen LogP contribution in [0.2, 0.25) is 0 Å². The zero-order chi connectivity index (χ0) is 13.8. The molecule has 1 aromatic carbocycles. The lowest BCUT2D eigenvalue weighted by molar-refractivity contribution is -0.150. The summed E-state index contributed by atoms with van der Waals surface area (Å²) in [6, 6.07) is 6.70. The Morgan fingerprint density at radius 2 is 2.16 bits per heavy atom. The molecule has 1 unspecified atom stereocenters. The van der Waals surface area contributed by atoms with Crippen molar-refractivity contribution >= 4 is 27.8 Å². The molecule has 1 fully saturated rings. The molecule has 1 heterocycles. The topological polar surface area (TPSA) is 69.6 Å². The molecule has 19 heavy (non-hydrogen) atoms. The largest absolute Gasteiger partial charge is 0.480 e. The molecule has 1 aromatic rings. The number of piperazine rings is 1. The summed E-state index contributed by atoms with van der Waals surface area (Å²) in [6.45, 7) is 1.36. The Hall–Kier alpha value is -1.40. The van der Waals surface area contributed by atoms with Crippen molar-refractivity contribution in [3.63, 3.8) is 0 Å². The molecule has 102 valence electrons. The van der Waals surface area contributed by atoms with Crippen molar-refractivity contribution in [3.05, 3.63) is 34.3 Å². The normalized spacial score (nSPS) is 19.2. The SMILES string of the molecule is O=C(O)C1CNCCN1C(=O)Cc1ccccc1Br. The Morgan fingerprint density at radius 1 is 1.42 bits per heavy atom. The molecule has 0 spiro atoms. The summed E-state index contributed by atoms with van der Waals surface area (Å²) in [5, 5.41) is 12.1. The predicted molar refractivity (Wildman–Crippen MR) is 73.9 cm³/mol. The average Bonchev–Trinajstić information content (AvgIpc) is 2.41. The van der Waals surface area contributed by atoms with Crippen LogP contribution < -0.4 is 5.32 Å². The highest BCUT2D eigenvalue weighted by Crippen LogP contribution is 2.18. The Kier molecular flexibility index (Phi) is 4.55. The van der Waals surface area contributed by atoms with Crippen molar-refractivity contribution in [2.24, 2.45) is 0 Å². The molecule has 6 heteroatoms. The maximum atomic E-state index is 12.2. The van der Waals surface area contributed by atoms with E-state index in [1.165, 1.54) is 4.90 Å². The van der Waals surface area contributed by atoms with E-state index in [-0.39, 0.29) is 12.3 Å². The maximum Gasteiger partial charge on any atom is 0.327 e. The van der Waals surface area contributed by atoms with Crippen LogP contribution in [0.3, 0.4) is 0 Å². The van der Waals surface area contributed by atoms with Crippen LogP contribution in [0, 0.1) is 0 Å². The molecule has 0 bridgehead atoms. The summed E-state index contributed by atoms with van der Waals surface area (Å²) in [5.74, 6) is -1.12. The monoisotopic (exact) mass is 326 g/mol. The van der Waals surface area contributed by atoms with Gasteiger partial charge in [0.05, 0.1) is 6.42 Å².